The summed E-state index contributed by atoms with van der Waals surface area (Å²) in [5.74, 6) is -1.02. The molecule has 0 saturated heterocycles. The average molecular weight is 385 g/mol. The largest absolute Gasteiger partial charge is 0.476 e. The highest BCUT2D eigenvalue weighted by molar-refractivity contribution is 5.86. The van der Waals surface area contributed by atoms with E-state index in [-0.39, 0.29) is 36.2 Å². The van der Waals surface area contributed by atoms with Crippen LogP contribution in [0.2, 0.25) is 0 Å². The molecule has 0 bridgehead atoms. The number of nitrogen functional groups attached to an aromatic ring is 1. The maximum atomic E-state index is 11.9. The number of carboxylic acid groups (broad SMARTS) is 1. The predicted octanol–water partition coefficient (Wildman–Crippen LogP) is 1.01. The molecule has 4 N–H and O–H groups in total. The summed E-state index contributed by atoms with van der Waals surface area (Å²) in [6.07, 6.45) is 4.15. The molecule has 0 aliphatic carbocycles. The maximum Gasteiger partial charge on any atom is 0.358 e. The highest BCUT2D eigenvalue weighted by atomic mass is 16.4. The number of carbonyl (C=O) groups excluding carboxylic acids is 1. The smallest absolute Gasteiger partial charge is 0.358 e. The summed E-state index contributed by atoms with van der Waals surface area (Å²) in [6, 6.07) is 3.48. The molecule has 1 amide bonds. The fraction of sp³-hybridized carbons (Fsp3) is 0.294. The maximum absolute atomic E-state index is 11.9. The van der Waals surface area contributed by atoms with E-state index < -0.39 is 5.97 Å². The summed E-state index contributed by atoms with van der Waals surface area (Å²) in [5.41, 5.74) is 7.36. The van der Waals surface area contributed by atoms with Crippen LogP contribution < -0.4 is 11.1 Å². The van der Waals surface area contributed by atoms with E-state index in [1.54, 1.807) is 29.2 Å². The van der Waals surface area contributed by atoms with Crippen molar-refractivity contribution < 1.29 is 19.1 Å². The molecule has 0 atom stereocenters. The van der Waals surface area contributed by atoms with Crippen molar-refractivity contribution in [2.24, 2.45) is 0 Å². The third-order valence-corrected chi connectivity index (χ3v) is 3.89. The summed E-state index contributed by atoms with van der Waals surface area (Å²) in [5, 5.41) is 19.6. The van der Waals surface area contributed by atoms with E-state index in [1.807, 2.05) is 0 Å². The highest BCUT2D eigenvalue weighted by Gasteiger charge is 2.16. The number of hydrogen-bond acceptors (Lipinski definition) is 8. The van der Waals surface area contributed by atoms with Crippen LogP contribution in [0.3, 0.4) is 0 Å². The standard InChI is InChI=1S/C17H19N7O4/c1-10-15(17(26)27)21-14(28-10)8-20-13(25)5-3-7-24-9-12(22-23-24)16-11(18)4-2-6-19-16/h2,4,6,9H,3,5,7-8,18H2,1H3,(H,20,25)(H,26,27). The highest BCUT2D eigenvalue weighted by Crippen LogP contribution is 2.19. The second-order valence-corrected chi connectivity index (χ2v) is 6.01. The van der Waals surface area contributed by atoms with Crippen molar-refractivity contribution in [1.82, 2.24) is 30.3 Å². The zero-order chi connectivity index (χ0) is 20.1. The molecule has 3 rings (SSSR count). The number of nitrogens with one attached hydrogen (secondary N) is 1. The molecule has 0 radical (unpaired) electrons. The number of hydrogen-bond donors (Lipinski definition) is 3. The van der Waals surface area contributed by atoms with Crippen LogP contribution in [0.5, 0.6) is 0 Å². The Kier molecular flexibility index (Phi) is 5.63. The number of pyridine rings is 1. The second kappa shape index (κ2) is 8.29. The first-order valence-corrected chi connectivity index (χ1v) is 8.51. The van der Waals surface area contributed by atoms with Crippen LogP contribution in [-0.2, 0) is 17.9 Å². The SMILES string of the molecule is Cc1oc(CNC(=O)CCCn2cc(-c3ncccc3N)nn2)nc1C(=O)O. The van der Waals surface area contributed by atoms with Gasteiger partial charge in [-0.3, -0.25) is 14.5 Å². The number of aromatic carboxylic acids is 1. The Balaban J connectivity index is 1.45. The van der Waals surface area contributed by atoms with Crippen LogP contribution in [0, 0.1) is 6.92 Å². The van der Waals surface area contributed by atoms with Crippen molar-refractivity contribution in [3.05, 3.63) is 41.9 Å². The molecule has 0 aromatic carbocycles. The van der Waals surface area contributed by atoms with Gasteiger partial charge in [0, 0.05) is 19.2 Å². The number of oxazole rings is 1. The fourth-order valence-electron chi connectivity index (χ4n) is 2.54. The van der Waals surface area contributed by atoms with Gasteiger partial charge in [-0.25, -0.2) is 9.78 Å². The van der Waals surface area contributed by atoms with Gasteiger partial charge in [-0.15, -0.1) is 5.10 Å². The molecular weight excluding hydrogens is 366 g/mol. The van der Waals surface area contributed by atoms with Gasteiger partial charge in [0.15, 0.2) is 5.69 Å². The van der Waals surface area contributed by atoms with Crippen molar-refractivity contribution in [2.45, 2.75) is 32.9 Å². The van der Waals surface area contributed by atoms with E-state index in [0.29, 0.717) is 30.0 Å². The van der Waals surface area contributed by atoms with Gasteiger partial charge in [0.25, 0.3) is 0 Å². The first kappa shape index (κ1) is 19.0. The van der Waals surface area contributed by atoms with Crippen LogP contribution in [0.1, 0.15) is 35.0 Å². The Morgan fingerprint density at radius 3 is 2.93 bits per heavy atom. The van der Waals surface area contributed by atoms with Gasteiger partial charge in [-0.2, -0.15) is 0 Å². The van der Waals surface area contributed by atoms with E-state index in [9.17, 15) is 9.59 Å². The minimum Gasteiger partial charge on any atom is -0.476 e. The topological polar surface area (TPSA) is 162 Å². The second-order valence-electron chi connectivity index (χ2n) is 6.01. The molecule has 11 nitrogen and oxygen atoms in total. The molecule has 3 aromatic rings. The van der Waals surface area contributed by atoms with E-state index in [0.717, 1.165) is 0 Å². The Labute approximate surface area is 159 Å². The number of amides is 1. The van der Waals surface area contributed by atoms with Crippen LogP contribution in [-0.4, -0.2) is 41.9 Å². The number of aromatic nitrogens is 5. The lowest BCUT2D eigenvalue weighted by molar-refractivity contribution is -0.121. The van der Waals surface area contributed by atoms with E-state index in [2.05, 4.69) is 25.6 Å². The van der Waals surface area contributed by atoms with Crippen molar-refractivity contribution in [3.8, 4) is 11.4 Å². The summed E-state index contributed by atoms with van der Waals surface area (Å²) in [7, 11) is 0. The molecular formula is C17H19N7O4. The van der Waals surface area contributed by atoms with Crippen molar-refractivity contribution in [1.29, 1.82) is 0 Å². The summed E-state index contributed by atoms with van der Waals surface area (Å²) >= 11 is 0. The van der Waals surface area contributed by atoms with Gasteiger partial charge in [-0.05, 0) is 25.5 Å². The lowest BCUT2D eigenvalue weighted by Crippen LogP contribution is -2.23. The molecule has 28 heavy (non-hydrogen) atoms. The van der Waals surface area contributed by atoms with E-state index >= 15 is 0 Å². The fourth-order valence-corrected chi connectivity index (χ4v) is 2.54. The third-order valence-electron chi connectivity index (χ3n) is 3.89. The monoisotopic (exact) mass is 385 g/mol. The molecule has 146 valence electrons. The number of carboxylic acids is 1. The van der Waals surface area contributed by atoms with Gasteiger partial charge in [-0.1, -0.05) is 5.21 Å². The third kappa shape index (κ3) is 4.50. The van der Waals surface area contributed by atoms with E-state index in [1.165, 1.54) is 6.92 Å². The first-order valence-electron chi connectivity index (χ1n) is 8.51. The molecule has 3 heterocycles. The number of aryl methyl sites for hydroxylation is 2. The molecule has 0 spiro atoms. The zero-order valence-electron chi connectivity index (χ0n) is 15.1. The zero-order valence-corrected chi connectivity index (χ0v) is 15.1. The molecule has 0 unspecified atom stereocenters. The Morgan fingerprint density at radius 1 is 1.39 bits per heavy atom. The molecule has 3 aromatic heterocycles. The summed E-state index contributed by atoms with van der Waals surface area (Å²) in [4.78, 5) is 30.9. The molecule has 0 saturated carbocycles. The lowest BCUT2D eigenvalue weighted by atomic mass is 10.2. The first-order chi connectivity index (χ1) is 13.4. The van der Waals surface area contributed by atoms with Crippen LogP contribution in [0.4, 0.5) is 5.69 Å². The van der Waals surface area contributed by atoms with Crippen LogP contribution in [0.15, 0.2) is 28.9 Å². The quantitative estimate of drug-likeness (QED) is 0.513. The van der Waals surface area contributed by atoms with Crippen LogP contribution >= 0.6 is 0 Å². The van der Waals surface area contributed by atoms with E-state index in [4.69, 9.17) is 15.3 Å². The molecule has 11 heteroatoms. The van der Waals surface area contributed by atoms with Gasteiger partial charge < -0.3 is 20.6 Å². The number of nitrogens with zero attached hydrogens (tertiary/aromatic N) is 5. The molecule has 0 aliphatic heterocycles. The predicted molar refractivity (Wildman–Crippen MR) is 96.9 cm³/mol. The minimum absolute atomic E-state index is 0.0272. The van der Waals surface area contributed by atoms with Gasteiger partial charge >= 0.3 is 5.97 Å². The molecule has 0 fully saturated rings. The lowest BCUT2D eigenvalue weighted by Gasteiger charge is -2.03. The number of carbonyl (C=O) groups is 2. The van der Waals surface area contributed by atoms with Crippen molar-refractivity contribution in [2.75, 3.05) is 5.73 Å². The van der Waals surface area contributed by atoms with Gasteiger partial charge in [0.1, 0.15) is 17.1 Å². The number of nitrogens with two attached hydrogens (primary N) is 1. The normalized spacial score (nSPS) is 10.8. The summed E-state index contributed by atoms with van der Waals surface area (Å²) < 4.78 is 6.83. The minimum atomic E-state index is -1.17. The van der Waals surface area contributed by atoms with Crippen molar-refractivity contribution in [3.63, 3.8) is 0 Å². The molecule has 0 aliphatic rings. The van der Waals surface area contributed by atoms with Crippen LogP contribution in [0.25, 0.3) is 11.4 Å². The Hall–Kier alpha value is -3.76. The van der Waals surface area contributed by atoms with Gasteiger partial charge in [0.2, 0.25) is 11.8 Å². The van der Waals surface area contributed by atoms with Gasteiger partial charge in [0.05, 0.1) is 18.4 Å². The van der Waals surface area contributed by atoms with Crippen molar-refractivity contribution >= 4 is 17.6 Å². The Morgan fingerprint density at radius 2 is 2.21 bits per heavy atom. The number of rotatable bonds is 8. The average Bonchev–Trinajstić information content (AvgIpc) is 3.27. The Bertz CT molecular complexity index is 995. The summed E-state index contributed by atoms with van der Waals surface area (Å²) in [6.45, 7) is 2.03. The number of anilines is 1.